The number of aromatic nitrogens is 6. The van der Waals surface area contributed by atoms with Gasteiger partial charge in [0.1, 0.15) is 11.3 Å². The average molecular weight is 481 g/mol. The number of methoxy groups -OCH3 is 1. The molecule has 0 spiro atoms. The lowest BCUT2D eigenvalue weighted by molar-refractivity contribution is 0.138. The van der Waals surface area contributed by atoms with Gasteiger partial charge in [0.25, 0.3) is 0 Å². The molecule has 9 nitrogen and oxygen atoms in total. The second kappa shape index (κ2) is 9.18. The Morgan fingerprint density at radius 3 is 2.83 bits per heavy atom. The molecule has 0 fully saturated rings. The lowest BCUT2D eigenvalue weighted by Crippen LogP contribution is -2.26. The van der Waals surface area contributed by atoms with Crippen LogP contribution in [0.3, 0.4) is 0 Å². The molecule has 0 aliphatic heterocycles. The first-order chi connectivity index (χ1) is 17.6. The van der Waals surface area contributed by atoms with Crippen molar-refractivity contribution in [3.63, 3.8) is 0 Å². The van der Waals surface area contributed by atoms with Crippen LogP contribution in [-0.4, -0.2) is 61.5 Å². The molecule has 0 saturated carbocycles. The molecule has 4 aromatic heterocycles. The fraction of sp³-hybridized carbons (Fsp3) is 0.259. The smallest absolute Gasteiger partial charge is 0.167 e. The molecule has 1 atom stereocenters. The molecule has 0 bridgehead atoms. The van der Waals surface area contributed by atoms with Gasteiger partial charge in [0, 0.05) is 44.0 Å². The van der Waals surface area contributed by atoms with Gasteiger partial charge in [-0.3, -0.25) is 9.47 Å². The Bertz CT molecular complexity index is 1520. The Balaban J connectivity index is 1.50. The van der Waals surface area contributed by atoms with Crippen molar-refractivity contribution in [2.24, 2.45) is 0 Å². The number of likely N-dealkylation sites (N-methyl/N-ethyl adjacent to an activating group) is 1. The fourth-order valence-corrected chi connectivity index (χ4v) is 5.08. The number of aryl methyl sites for hydroxylation is 1. The summed E-state index contributed by atoms with van der Waals surface area (Å²) >= 11 is 0. The molecule has 9 heteroatoms. The number of pyridine rings is 2. The number of rotatable bonds is 7. The van der Waals surface area contributed by atoms with Gasteiger partial charge in [-0.25, -0.2) is 19.6 Å². The summed E-state index contributed by atoms with van der Waals surface area (Å²) in [6.45, 7) is 1.63. The second-order valence-corrected chi connectivity index (χ2v) is 9.08. The number of ether oxygens (including phenoxy) is 1. The molecule has 1 aliphatic rings. The number of fused-ring (bicyclic) bond motifs is 2. The lowest BCUT2D eigenvalue weighted by Gasteiger charge is -2.25. The van der Waals surface area contributed by atoms with E-state index < -0.39 is 0 Å². The summed E-state index contributed by atoms with van der Waals surface area (Å²) in [6.07, 6.45) is 7.42. The molecule has 4 heterocycles. The van der Waals surface area contributed by atoms with E-state index in [1.165, 1.54) is 11.1 Å². The van der Waals surface area contributed by atoms with Crippen molar-refractivity contribution in [1.82, 2.24) is 34.2 Å². The summed E-state index contributed by atoms with van der Waals surface area (Å²) in [7, 11) is 3.91. The van der Waals surface area contributed by atoms with Gasteiger partial charge < -0.3 is 10.5 Å². The molecule has 0 radical (unpaired) electrons. The number of nitrogens with two attached hydrogens (primary N) is 1. The van der Waals surface area contributed by atoms with E-state index in [-0.39, 0.29) is 0 Å². The van der Waals surface area contributed by atoms with Gasteiger partial charge in [-0.05, 0) is 73.5 Å². The van der Waals surface area contributed by atoms with Crippen molar-refractivity contribution in [2.75, 3.05) is 33.0 Å². The molecular weight excluding hydrogens is 452 g/mol. The summed E-state index contributed by atoms with van der Waals surface area (Å²) in [5.74, 6) is 1.87. The van der Waals surface area contributed by atoms with Crippen LogP contribution in [0.1, 0.15) is 23.6 Å². The van der Waals surface area contributed by atoms with Crippen LogP contribution in [0.4, 0.5) is 5.82 Å². The first-order valence-corrected chi connectivity index (χ1v) is 12.1. The minimum Gasteiger partial charge on any atom is -0.383 e. The van der Waals surface area contributed by atoms with Crippen molar-refractivity contribution in [3.8, 4) is 22.9 Å². The van der Waals surface area contributed by atoms with Crippen molar-refractivity contribution < 1.29 is 4.74 Å². The maximum absolute atomic E-state index is 6.30. The van der Waals surface area contributed by atoms with E-state index in [0.29, 0.717) is 17.7 Å². The minimum atomic E-state index is 0.390. The predicted molar refractivity (Wildman–Crippen MR) is 139 cm³/mol. The molecule has 2 N–H and O–H groups in total. The van der Waals surface area contributed by atoms with E-state index in [9.17, 15) is 0 Å². The summed E-state index contributed by atoms with van der Waals surface area (Å²) in [5.41, 5.74) is 12.3. The van der Waals surface area contributed by atoms with Crippen LogP contribution < -0.4 is 5.73 Å². The third-order valence-electron chi connectivity index (χ3n) is 6.92. The predicted octanol–water partition coefficient (Wildman–Crippen LogP) is 3.82. The van der Waals surface area contributed by atoms with Gasteiger partial charge in [0.2, 0.25) is 0 Å². The standard InChI is InChI=1S/C27H28N8O/c1-33(15-16-36-2)23-10-6-18-17-19(7-8-20(18)23)35-26(21-5-3-12-29-25(21)28)31-22-9-11-24(32-27(22)35)34-14-4-13-30-34/h3-5,7-9,11-14,17,23H,6,10,15-16H2,1-2H3,(H2,28,29)/t23-/m0/s1. The Hall–Kier alpha value is -4.08. The highest BCUT2D eigenvalue weighted by Crippen LogP contribution is 2.38. The molecular formula is C27H28N8O. The molecule has 0 unspecified atom stereocenters. The fourth-order valence-electron chi connectivity index (χ4n) is 5.08. The normalized spacial score (nSPS) is 15.1. The maximum atomic E-state index is 6.30. The number of benzene rings is 1. The van der Waals surface area contributed by atoms with Crippen molar-refractivity contribution in [2.45, 2.75) is 18.9 Å². The third-order valence-corrected chi connectivity index (χ3v) is 6.92. The first kappa shape index (κ1) is 22.4. The maximum Gasteiger partial charge on any atom is 0.167 e. The Kier molecular flexibility index (Phi) is 5.71. The number of nitrogen functional groups attached to an aromatic ring is 1. The number of hydrogen-bond donors (Lipinski definition) is 1. The van der Waals surface area contributed by atoms with Gasteiger partial charge in [-0.15, -0.1) is 0 Å². The van der Waals surface area contributed by atoms with Crippen LogP contribution in [-0.2, 0) is 11.2 Å². The Morgan fingerprint density at radius 2 is 2.03 bits per heavy atom. The van der Waals surface area contributed by atoms with Crippen LogP contribution in [0, 0.1) is 0 Å². The molecule has 1 aromatic carbocycles. The van der Waals surface area contributed by atoms with Crippen LogP contribution in [0.25, 0.3) is 34.1 Å². The van der Waals surface area contributed by atoms with Crippen molar-refractivity contribution in [3.05, 3.63) is 78.2 Å². The summed E-state index contributed by atoms with van der Waals surface area (Å²) in [5, 5.41) is 4.35. The second-order valence-electron chi connectivity index (χ2n) is 9.08. The van der Waals surface area contributed by atoms with E-state index in [1.54, 1.807) is 24.2 Å². The molecule has 6 rings (SSSR count). The highest BCUT2D eigenvalue weighted by Gasteiger charge is 2.27. The van der Waals surface area contributed by atoms with Gasteiger partial charge >= 0.3 is 0 Å². The largest absolute Gasteiger partial charge is 0.383 e. The van der Waals surface area contributed by atoms with E-state index >= 15 is 0 Å². The lowest BCUT2D eigenvalue weighted by atomic mass is 10.1. The molecule has 36 heavy (non-hydrogen) atoms. The zero-order valence-corrected chi connectivity index (χ0v) is 20.4. The SMILES string of the molecule is COCCN(C)[C@H]1CCc2cc(-n3c(-c4cccnc4N)nc4ccc(-n5cccn5)nc43)ccc21. The molecule has 0 amide bonds. The Morgan fingerprint density at radius 1 is 1.11 bits per heavy atom. The highest BCUT2D eigenvalue weighted by molar-refractivity contribution is 5.83. The average Bonchev–Trinajstić information content (AvgIpc) is 3.65. The van der Waals surface area contributed by atoms with E-state index in [4.69, 9.17) is 20.4 Å². The molecule has 182 valence electrons. The number of nitrogens with zero attached hydrogens (tertiary/aromatic N) is 7. The van der Waals surface area contributed by atoms with E-state index in [1.807, 2.05) is 36.5 Å². The van der Waals surface area contributed by atoms with E-state index in [2.05, 4.69) is 44.8 Å². The first-order valence-electron chi connectivity index (χ1n) is 12.1. The minimum absolute atomic E-state index is 0.390. The van der Waals surface area contributed by atoms with Crippen molar-refractivity contribution in [1.29, 1.82) is 0 Å². The number of hydrogen-bond acceptors (Lipinski definition) is 7. The third kappa shape index (κ3) is 3.82. The van der Waals surface area contributed by atoms with Gasteiger partial charge in [0.15, 0.2) is 17.3 Å². The van der Waals surface area contributed by atoms with E-state index in [0.717, 1.165) is 54.2 Å². The Labute approximate surface area is 209 Å². The van der Waals surface area contributed by atoms with Crippen LogP contribution in [0.5, 0.6) is 0 Å². The summed E-state index contributed by atoms with van der Waals surface area (Å²) < 4.78 is 9.12. The quantitative estimate of drug-likeness (QED) is 0.378. The summed E-state index contributed by atoms with van der Waals surface area (Å²) in [6, 6.07) is 16.6. The van der Waals surface area contributed by atoms with Crippen LogP contribution in [0.2, 0.25) is 0 Å². The molecule has 0 saturated heterocycles. The van der Waals surface area contributed by atoms with Crippen LogP contribution in [0.15, 0.2) is 67.1 Å². The van der Waals surface area contributed by atoms with Gasteiger partial charge in [-0.1, -0.05) is 6.07 Å². The number of imidazole rings is 1. The molecule has 1 aliphatic carbocycles. The monoisotopic (exact) mass is 480 g/mol. The zero-order valence-electron chi connectivity index (χ0n) is 20.4. The molecule has 5 aromatic rings. The topological polar surface area (TPSA) is 99.9 Å². The zero-order chi connectivity index (χ0) is 24.6. The highest BCUT2D eigenvalue weighted by atomic mass is 16.5. The van der Waals surface area contributed by atoms with Gasteiger partial charge in [-0.2, -0.15) is 5.10 Å². The van der Waals surface area contributed by atoms with Crippen molar-refractivity contribution >= 4 is 17.0 Å². The van der Waals surface area contributed by atoms with Gasteiger partial charge in [0.05, 0.1) is 12.2 Å². The number of anilines is 1. The van der Waals surface area contributed by atoms with Crippen LogP contribution >= 0.6 is 0 Å². The summed E-state index contributed by atoms with van der Waals surface area (Å²) in [4.78, 5) is 16.6.